The number of carbonyl (C=O) groups is 1. The number of rotatable bonds is 3. The average molecular weight is 252 g/mol. The minimum atomic E-state index is -0.198. The first-order chi connectivity index (χ1) is 8.55. The van der Waals surface area contributed by atoms with Crippen LogP contribution in [0.2, 0.25) is 0 Å². The number of carbonyl (C=O) groups excluding carboxylic acids is 1. The fraction of sp³-hybridized carbons (Fsp3) is 0.933. The normalized spacial score (nSPS) is 29.6. The van der Waals surface area contributed by atoms with E-state index in [1.807, 2.05) is 0 Å². The molecule has 1 N–H and O–H groups in total. The van der Waals surface area contributed by atoms with Gasteiger partial charge in [0, 0.05) is 18.5 Å². The molecule has 0 aliphatic carbocycles. The van der Waals surface area contributed by atoms with Crippen molar-refractivity contribution in [2.75, 3.05) is 26.2 Å². The van der Waals surface area contributed by atoms with Crippen LogP contribution in [0.3, 0.4) is 0 Å². The van der Waals surface area contributed by atoms with Crippen LogP contribution in [0.15, 0.2) is 0 Å². The third-order valence-corrected chi connectivity index (χ3v) is 5.02. The van der Waals surface area contributed by atoms with Crippen molar-refractivity contribution >= 4 is 5.91 Å². The van der Waals surface area contributed by atoms with E-state index in [4.69, 9.17) is 0 Å². The Labute approximate surface area is 111 Å². The Hall–Kier alpha value is -0.570. The summed E-state index contributed by atoms with van der Waals surface area (Å²) in [6.45, 7) is 10.6. The first-order valence-corrected chi connectivity index (χ1v) is 7.55. The molecule has 2 aliphatic heterocycles. The Balaban J connectivity index is 1.98. The lowest BCUT2D eigenvalue weighted by Crippen LogP contribution is -2.48. The molecule has 0 spiro atoms. The molecule has 1 amide bonds. The highest BCUT2D eigenvalue weighted by Gasteiger charge is 2.41. The number of hydrogen-bond donors (Lipinski definition) is 1. The van der Waals surface area contributed by atoms with Crippen molar-refractivity contribution < 1.29 is 4.79 Å². The fourth-order valence-corrected chi connectivity index (χ4v) is 3.40. The quantitative estimate of drug-likeness (QED) is 0.835. The van der Waals surface area contributed by atoms with Crippen LogP contribution < -0.4 is 5.32 Å². The van der Waals surface area contributed by atoms with Gasteiger partial charge in [0.05, 0.1) is 0 Å². The van der Waals surface area contributed by atoms with Crippen molar-refractivity contribution in [2.24, 2.45) is 17.3 Å². The van der Waals surface area contributed by atoms with Crippen LogP contribution in [0.5, 0.6) is 0 Å². The van der Waals surface area contributed by atoms with E-state index < -0.39 is 0 Å². The van der Waals surface area contributed by atoms with E-state index in [-0.39, 0.29) is 5.41 Å². The first kappa shape index (κ1) is 13.9. The molecule has 3 heteroatoms. The highest BCUT2D eigenvalue weighted by molar-refractivity contribution is 5.82. The van der Waals surface area contributed by atoms with Gasteiger partial charge in [0.2, 0.25) is 5.91 Å². The molecule has 0 aromatic carbocycles. The predicted octanol–water partition coefficient (Wildman–Crippen LogP) is 2.27. The predicted molar refractivity (Wildman–Crippen MR) is 74.4 cm³/mol. The highest BCUT2D eigenvalue weighted by atomic mass is 16.2. The maximum absolute atomic E-state index is 12.7. The zero-order valence-electron chi connectivity index (χ0n) is 12.2. The molecule has 2 heterocycles. The van der Waals surface area contributed by atoms with Crippen molar-refractivity contribution in [2.45, 2.75) is 46.5 Å². The molecule has 2 fully saturated rings. The lowest BCUT2D eigenvalue weighted by Gasteiger charge is -2.38. The van der Waals surface area contributed by atoms with Gasteiger partial charge < -0.3 is 10.2 Å². The smallest absolute Gasteiger partial charge is 0.228 e. The van der Waals surface area contributed by atoms with E-state index in [1.54, 1.807) is 0 Å². The molecule has 2 unspecified atom stereocenters. The van der Waals surface area contributed by atoms with Gasteiger partial charge in [-0.05, 0) is 44.2 Å². The molecule has 0 radical (unpaired) electrons. The van der Waals surface area contributed by atoms with Gasteiger partial charge in [0.1, 0.15) is 0 Å². The summed E-state index contributed by atoms with van der Waals surface area (Å²) in [6.07, 6.45) is 4.80. The average Bonchev–Trinajstić information content (AvgIpc) is 2.87. The van der Waals surface area contributed by atoms with Crippen LogP contribution in [0, 0.1) is 17.3 Å². The lowest BCUT2D eigenvalue weighted by molar-refractivity contribution is -0.142. The van der Waals surface area contributed by atoms with E-state index in [9.17, 15) is 4.79 Å². The van der Waals surface area contributed by atoms with Gasteiger partial charge in [-0.3, -0.25) is 4.79 Å². The largest absolute Gasteiger partial charge is 0.342 e. The topological polar surface area (TPSA) is 32.3 Å². The second kappa shape index (κ2) is 5.60. The standard InChI is InChI=1S/C15H28N2O/c1-4-12-7-9-17(11-12)14(18)15(2,3)13-6-5-8-16-10-13/h12-13,16H,4-11H2,1-3H3. The molecule has 3 nitrogen and oxygen atoms in total. The summed E-state index contributed by atoms with van der Waals surface area (Å²) >= 11 is 0. The Kier molecular flexibility index (Phi) is 4.31. The van der Waals surface area contributed by atoms with Gasteiger partial charge in [0.25, 0.3) is 0 Å². The summed E-state index contributed by atoms with van der Waals surface area (Å²) in [7, 11) is 0. The molecular weight excluding hydrogens is 224 g/mol. The molecule has 0 aromatic rings. The number of nitrogens with one attached hydrogen (secondary N) is 1. The molecule has 0 saturated carbocycles. The van der Waals surface area contributed by atoms with Gasteiger partial charge >= 0.3 is 0 Å². The molecule has 2 atom stereocenters. The maximum Gasteiger partial charge on any atom is 0.228 e. The van der Waals surface area contributed by atoms with Crippen LogP contribution in [-0.2, 0) is 4.79 Å². The van der Waals surface area contributed by atoms with E-state index in [2.05, 4.69) is 31.0 Å². The molecule has 0 bridgehead atoms. The number of amides is 1. The number of hydrogen-bond acceptors (Lipinski definition) is 2. The summed E-state index contributed by atoms with van der Waals surface area (Å²) in [4.78, 5) is 14.8. The molecule has 18 heavy (non-hydrogen) atoms. The monoisotopic (exact) mass is 252 g/mol. The summed E-state index contributed by atoms with van der Waals surface area (Å²) in [5.74, 6) is 1.61. The van der Waals surface area contributed by atoms with Crippen molar-refractivity contribution in [3.8, 4) is 0 Å². The Morgan fingerprint density at radius 3 is 2.72 bits per heavy atom. The summed E-state index contributed by atoms with van der Waals surface area (Å²) < 4.78 is 0. The second-order valence-corrected chi connectivity index (χ2v) is 6.58. The van der Waals surface area contributed by atoms with E-state index >= 15 is 0 Å². The summed E-state index contributed by atoms with van der Waals surface area (Å²) in [6, 6.07) is 0. The van der Waals surface area contributed by atoms with Crippen molar-refractivity contribution in [3.63, 3.8) is 0 Å². The van der Waals surface area contributed by atoms with Crippen molar-refractivity contribution in [1.29, 1.82) is 0 Å². The summed E-state index contributed by atoms with van der Waals surface area (Å²) in [5, 5.41) is 3.44. The van der Waals surface area contributed by atoms with Gasteiger partial charge in [-0.15, -0.1) is 0 Å². The molecular formula is C15H28N2O. The van der Waals surface area contributed by atoms with Crippen molar-refractivity contribution in [3.05, 3.63) is 0 Å². The second-order valence-electron chi connectivity index (χ2n) is 6.58. The molecule has 2 aliphatic rings. The Morgan fingerprint density at radius 2 is 2.17 bits per heavy atom. The fourth-order valence-electron chi connectivity index (χ4n) is 3.40. The van der Waals surface area contributed by atoms with E-state index in [0.717, 1.165) is 32.1 Å². The first-order valence-electron chi connectivity index (χ1n) is 7.55. The minimum absolute atomic E-state index is 0.198. The lowest BCUT2D eigenvalue weighted by atomic mass is 9.74. The van der Waals surface area contributed by atoms with Crippen LogP contribution in [0.1, 0.15) is 46.5 Å². The van der Waals surface area contributed by atoms with Crippen LogP contribution in [0.4, 0.5) is 0 Å². The minimum Gasteiger partial charge on any atom is -0.342 e. The zero-order chi connectivity index (χ0) is 13.2. The molecule has 2 rings (SSSR count). The number of piperidine rings is 1. The summed E-state index contributed by atoms with van der Waals surface area (Å²) in [5.41, 5.74) is -0.198. The molecule has 0 aromatic heterocycles. The number of likely N-dealkylation sites (tertiary alicyclic amines) is 1. The maximum atomic E-state index is 12.7. The Morgan fingerprint density at radius 1 is 1.39 bits per heavy atom. The van der Waals surface area contributed by atoms with E-state index in [1.165, 1.54) is 25.7 Å². The zero-order valence-corrected chi connectivity index (χ0v) is 12.2. The third kappa shape index (κ3) is 2.71. The molecule has 2 saturated heterocycles. The van der Waals surface area contributed by atoms with Crippen LogP contribution >= 0.6 is 0 Å². The van der Waals surface area contributed by atoms with E-state index in [0.29, 0.717) is 11.8 Å². The van der Waals surface area contributed by atoms with Crippen LogP contribution in [0.25, 0.3) is 0 Å². The van der Waals surface area contributed by atoms with Gasteiger partial charge in [-0.25, -0.2) is 0 Å². The van der Waals surface area contributed by atoms with Gasteiger partial charge in [0.15, 0.2) is 0 Å². The Bertz CT molecular complexity index is 295. The van der Waals surface area contributed by atoms with Crippen molar-refractivity contribution in [1.82, 2.24) is 10.2 Å². The SMILES string of the molecule is CCC1CCN(C(=O)C(C)(C)C2CCCNC2)C1. The third-order valence-electron chi connectivity index (χ3n) is 5.02. The highest BCUT2D eigenvalue weighted by Crippen LogP contribution is 2.35. The van der Waals surface area contributed by atoms with Gasteiger partial charge in [-0.2, -0.15) is 0 Å². The molecule has 104 valence electrons. The number of nitrogens with zero attached hydrogens (tertiary/aromatic N) is 1. The van der Waals surface area contributed by atoms with Gasteiger partial charge in [-0.1, -0.05) is 27.2 Å². The van der Waals surface area contributed by atoms with Crippen LogP contribution in [-0.4, -0.2) is 37.0 Å².